The molecule has 1 N–H and O–H groups in total. The second-order valence-electron chi connectivity index (χ2n) is 6.02. The standard InChI is InChI=1S/C17H19BrN4O3/c18-12-7-9-14(10-8-12)25-17-15(22(23)24)16(19-11-20-17)21-13-5-3-1-2-4-6-13/h7-11,13H,1-6H2,(H,19,20,21). The highest BCUT2D eigenvalue weighted by Crippen LogP contribution is 2.35. The van der Waals surface area contributed by atoms with E-state index in [-0.39, 0.29) is 23.4 Å². The summed E-state index contributed by atoms with van der Waals surface area (Å²) in [5, 5.41) is 14.8. The first-order chi connectivity index (χ1) is 12.1. The fourth-order valence-electron chi connectivity index (χ4n) is 2.94. The molecule has 2 aromatic rings. The van der Waals surface area contributed by atoms with E-state index in [1.54, 1.807) is 24.3 Å². The average Bonchev–Trinajstić information content (AvgIpc) is 2.85. The third kappa shape index (κ3) is 4.66. The topological polar surface area (TPSA) is 90.2 Å². The fraction of sp³-hybridized carbons (Fsp3) is 0.412. The molecule has 0 amide bonds. The summed E-state index contributed by atoms with van der Waals surface area (Å²) < 4.78 is 6.52. The molecule has 1 aliphatic carbocycles. The van der Waals surface area contributed by atoms with Crippen LogP contribution in [0.4, 0.5) is 11.5 Å². The Balaban J connectivity index is 1.85. The predicted molar refractivity (Wildman–Crippen MR) is 98.0 cm³/mol. The highest BCUT2D eigenvalue weighted by molar-refractivity contribution is 9.10. The number of hydrogen-bond acceptors (Lipinski definition) is 6. The van der Waals surface area contributed by atoms with Crippen molar-refractivity contribution in [1.29, 1.82) is 0 Å². The summed E-state index contributed by atoms with van der Waals surface area (Å²) in [7, 11) is 0. The molecule has 8 heteroatoms. The van der Waals surface area contributed by atoms with Crippen molar-refractivity contribution in [3.05, 3.63) is 45.2 Å². The van der Waals surface area contributed by atoms with E-state index in [1.807, 2.05) is 0 Å². The highest BCUT2D eigenvalue weighted by atomic mass is 79.9. The minimum absolute atomic E-state index is 0.0570. The van der Waals surface area contributed by atoms with E-state index in [0.29, 0.717) is 5.75 Å². The van der Waals surface area contributed by atoms with Gasteiger partial charge in [0.25, 0.3) is 0 Å². The molecule has 0 bridgehead atoms. The van der Waals surface area contributed by atoms with Gasteiger partial charge < -0.3 is 10.1 Å². The molecule has 0 atom stereocenters. The van der Waals surface area contributed by atoms with E-state index in [1.165, 1.54) is 19.2 Å². The van der Waals surface area contributed by atoms with Crippen LogP contribution in [0.2, 0.25) is 0 Å². The van der Waals surface area contributed by atoms with Crippen molar-refractivity contribution in [2.24, 2.45) is 0 Å². The molecule has 132 valence electrons. The summed E-state index contributed by atoms with van der Waals surface area (Å²) in [5.41, 5.74) is -0.227. The normalized spacial score (nSPS) is 15.4. The number of anilines is 1. The molecule has 0 aliphatic heterocycles. The molecule has 0 radical (unpaired) electrons. The van der Waals surface area contributed by atoms with Crippen LogP contribution < -0.4 is 10.1 Å². The summed E-state index contributed by atoms with van der Waals surface area (Å²) in [6.45, 7) is 0. The lowest BCUT2D eigenvalue weighted by molar-refractivity contribution is -0.385. The predicted octanol–water partition coefficient (Wildman–Crippen LogP) is 5.07. The van der Waals surface area contributed by atoms with E-state index < -0.39 is 4.92 Å². The van der Waals surface area contributed by atoms with Crippen molar-refractivity contribution in [3.63, 3.8) is 0 Å². The first kappa shape index (κ1) is 17.6. The van der Waals surface area contributed by atoms with Crippen LogP contribution in [0.25, 0.3) is 0 Å². The number of ether oxygens (including phenoxy) is 1. The molecule has 7 nitrogen and oxygen atoms in total. The lowest BCUT2D eigenvalue weighted by Crippen LogP contribution is -2.20. The Kier molecular flexibility index (Phi) is 5.80. The molecule has 1 heterocycles. The quantitative estimate of drug-likeness (QED) is 0.423. The van der Waals surface area contributed by atoms with Crippen LogP contribution in [-0.2, 0) is 0 Å². The molecule has 1 fully saturated rings. The Labute approximate surface area is 154 Å². The number of aromatic nitrogens is 2. The SMILES string of the molecule is O=[N+]([O-])c1c(NC2CCCCCC2)ncnc1Oc1ccc(Br)cc1. The van der Waals surface area contributed by atoms with Gasteiger partial charge in [-0.15, -0.1) is 0 Å². The Morgan fingerprint density at radius 2 is 1.80 bits per heavy atom. The summed E-state index contributed by atoms with van der Waals surface area (Å²) in [6.07, 6.45) is 7.94. The van der Waals surface area contributed by atoms with Crippen LogP contribution in [-0.4, -0.2) is 20.9 Å². The van der Waals surface area contributed by atoms with Crippen LogP contribution in [0.1, 0.15) is 38.5 Å². The number of hydrogen-bond donors (Lipinski definition) is 1. The Bertz CT molecular complexity index is 731. The van der Waals surface area contributed by atoms with Gasteiger partial charge in [-0.2, -0.15) is 4.98 Å². The number of benzene rings is 1. The van der Waals surface area contributed by atoms with Gasteiger partial charge in [-0.25, -0.2) is 4.98 Å². The number of nitrogens with one attached hydrogen (secondary N) is 1. The number of halogens is 1. The molecular weight excluding hydrogens is 388 g/mol. The van der Waals surface area contributed by atoms with Crippen LogP contribution in [0.3, 0.4) is 0 Å². The van der Waals surface area contributed by atoms with E-state index in [9.17, 15) is 10.1 Å². The monoisotopic (exact) mass is 406 g/mol. The van der Waals surface area contributed by atoms with Crippen LogP contribution in [0, 0.1) is 10.1 Å². The third-order valence-electron chi connectivity index (χ3n) is 4.20. The van der Waals surface area contributed by atoms with E-state index in [0.717, 1.165) is 30.2 Å². The summed E-state index contributed by atoms with van der Waals surface area (Å²) >= 11 is 3.34. The lowest BCUT2D eigenvalue weighted by Gasteiger charge is -2.17. The average molecular weight is 407 g/mol. The zero-order chi connectivity index (χ0) is 17.6. The van der Waals surface area contributed by atoms with E-state index in [4.69, 9.17) is 4.74 Å². The molecule has 25 heavy (non-hydrogen) atoms. The molecule has 0 unspecified atom stereocenters. The van der Waals surface area contributed by atoms with E-state index in [2.05, 4.69) is 31.2 Å². The van der Waals surface area contributed by atoms with Gasteiger partial charge in [0.1, 0.15) is 12.1 Å². The molecule has 1 aliphatic rings. The molecular formula is C17H19BrN4O3. The van der Waals surface area contributed by atoms with Crippen LogP contribution >= 0.6 is 15.9 Å². The second-order valence-corrected chi connectivity index (χ2v) is 6.94. The van der Waals surface area contributed by atoms with Gasteiger partial charge in [-0.05, 0) is 37.1 Å². The largest absolute Gasteiger partial charge is 0.434 e. The first-order valence-electron chi connectivity index (χ1n) is 8.33. The maximum Gasteiger partial charge on any atom is 0.373 e. The van der Waals surface area contributed by atoms with Crippen molar-refractivity contribution in [3.8, 4) is 11.6 Å². The maximum absolute atomic E-state index is 11.6. The zero-order valence-electron chi connectivity index (χ0n) is 13.7. The van der Waals surface area contributed by atoms with Gasteiger partial charge in [0, 0.05) is 10.5 Å². The highest BCUT2D eigenvalue weighted by Gasteiger charge is 2.27. The smallest absolute Gasteiger partial charge is 0.373 e. The first-order valence-corrected chi connectivity index (χ1v) is 9.12. The van der Waals surface area contributed by atoms with Gasteiger partial charge in [0.2, 0.25) is 5.82 Å². The van der Waals surface area contributed by atoms with Crippen molar-refractivity contribution in [2.75, 3.05) is 5.32 Å². The fourth-order valence-corrected chi connectivity index (χ4v) is 3.20. The van der Waals surface area contributed by atoms with E-state index >= 15 is 0 Å². The zero-order valence-corrected chi connectivity index (χ0v) is 15.2. The van der Waals surface area contributed by atoms with Crippen molar-refractivity contribution < 1.29 is 9.66 Å². The third-order valence-corrected chi connectivity index (χ3v) is 4.72. The molecule has 0 saturated heterocycles. The Morgan fingerprint density at radius 1 is 1.12 bits per heavy atom. The van der Waals surface area contributed by atoms with Gasteiger partial charge in [-0.1, -0.05) is 41.6 Å². The molecule has 1 aromatic carbocycles. The minimum Gasteiger partial charge on any atom is -0.434 e. The molecule has 1 aromatic heterocycles. The Hall–Kier alpha value is -2.22. The van der Waals surface area contributed by atoms with Gasteiger partial charge in [0.15, 0.2) is 0 Å². The van der Waals surface area contributed by atoms with Crippen molar-refractivity contribution in [1.82, 2.24) is 9.97 Å². The van der Waals surface area contributed by atoms with Crippen LogP contribution in [0.15, 0.2) is 35.1 Å². The maximum atomic E-state index is 11.6. The number of rotatable bonds is 5. The molecule has 1 saturated carbocycles. The molecule has 3 rings (SSSR count). The van der Waals surface area contributed by atoms with Gasteiger partial charge >= 0.3 is 11.6 Å². The van der Waals surface area contributed by atoms with Crippen LogP contribution in [0.5, 0.6) is 11.6 Å². The summed E-state index contributed by atoms with van der Waals surface area (Å²) in [4.78, 5) is 19.2. The van der Waals surface area contributed by atoms with Gasteiger partial charge in [-0.3, -0.25) is 10.1 Å². The van der Waals surface area contributed by atoms with Crippen molar-refractivity contribution >= 4 is 27.4 Å². The Morgan fingerprint density at radius 3 is 2.44 bits per heavy atom. The molecule has 0 spiro atoms. The lowest BCUT2D eigenvalue weighted by atomic mass is 10.1. The van der Waals surface area contributed by atoms with Gasteiger partial charge in [0.05, 0.1) is 4.92 Å². The number of nitro groups is 1. The number of nitrogens with zero attached hydrogens (tertiary/aromatic N) is 3. The van der Waals surface area contributed by atoms with Crippen molar-refractivity contribution in [2.45, 2.75) is 44.6 Å². The minimum atomic E-state index is -0.493. The summed E-state index contributed by atoms with van der Waals surface area (Å²) in [5.74, 6) is 0.642. The summed E-state index contributed by atoms with van der Waals surface area (Å²) in [6, 6.07) is 7.22. The second kappa shape index (κ2) is 8.24.